The largest absolute Gasteiger partial charge is 0.381 e. The predicted molar refractivity (Wildman–Crippen MR) is 68.0 cm³/mol. The van der Waals surface area contributed by atoms with Gasteiger partial charge in [0, 0.05) is 38.4 Å². The summed E-state index contributed by atoms with van der Waals surface area (Å²) in [5.41, 5.74) is 6.23. The molecule has 3 atom stereocenters. The molecule has 0 spiro atoms. The molecule has 100 valence electrons. The van der Waals surface area contributed by atoms with Gasteiger partial charge in [-0.25, -0.2) is 0 Å². The highest BCUT2D eigenvalue weighted by molar-refractivity contribution is 4.95. The Bertz CT molecular complexity index is 230. The summed E-state index contributed by atoms with van der Waals surface area (Å²) in [5.74, 6) is 0. The number of hydrogen-bond acceptors (Lipinski definition) is 4. The topological polar surface area (TPSA) is 47.7 Å². The van der Waals surface area contributed by atoms with E-state index in [4.69, 9.17) is 15.2 Å². The molecule has 17 heavy (non-hydrogen) atoms. The van der Waals surface area contributed by atoms with Crippen LogP contribution in [0.5, 0.6) is 0 Å². The third-order valence-corrected chi connectivity index (χ3v) is 4.11. The van der Waals surface area contributed by atoms with Crippen LogP contribution in [0.4, 0.5) is 0 Å². The van der Waals surface area contributed by atoms with Crippen LogP contribution in [0.1, 0.15) is 33.1 Å². The van der Waals surface area contributed by atoms with E-state index in [1.807, 2.05) is 0 Å². The fourth-order valence-corrected chi connectivity index (χ4v) is 3.21. The summed E-state index contributed by atoms with van der Waals surface area (Å²) >= 11 is 0. The average Bonchev–Trinajstić information content (AvgIpc) is 2.53. The molecule has 2 saturated heterocycles. The molecule has 4 heteroatoms. The van der Waals surface area contributed by atoms with Crippen molar-refractivity contribution >= 4 is 0 Å². The molecule has 0 radical (unpaired) electrons. The van der Waals surface area contributed by atoms with Gasteiger partial charge < -0.3 is 15.2 Å². The number of morpholine rings is 1. The van der Waals surface area contributed by atoms with Crippen LogP contribution in [-0.4, -0.2) is 55.5 Å². The maximum absolute atomic E-state index is 6.09. The predicted octanol–water partition coefficient (Wildman–Crippen LogP) is 0.994. The van der Waals surface area contributed by atoms with Gasteiger partial charge in [0.1, 0.15) is 0 Å². The van der Waals surface area contributed by atoms with E-state index in [2.05, 4.69) is 18.7 Å². The smallest absolute Gasteiger partial charge is 0.0678 e. The summed E-state index contributed by atoms with van der Waals surface area (Å²) in [7, 11) is 0. The maximum atomic E-state index is 6.09. The number of nitrogens with two attached hydrogens (primary N) is 1. The van der Waals surface area contributed by atoms with E-state index in [9.17, 15) is 0 Å². The van der Waals surface area contributed by atoms with E-state index in [0.717, 1.165) is 52.1 Å². The molecule has 2 aliphatic heterocycles. The first kappa shape index (κ1) is 13.3. The van der Waals surface area contributed by atoms with Gasteiger partial charge >= 0.3 is 0 Å². The van der Waals surface area contributed by atoms with Gasteiger partial charge in [-0.1, -0.05) is 0 Å². The Kier molecular flexibility index (Phi) is 4.42. The van der Waals surface area contributed by atoms with Crippen LogP contribution in [0, 0.1) is 0 Å². The number of ether oxygens (including phenoxy) is 2. The van der Waals surface area contributed by atoms with E-state index in [0.29, 0.717) is 12.2 Å². The van der Waals surface area contributed by atoms with E-state index in [-0.39, 0.29) is 5.54 Å². The highest BCUT2D eigenvalue weighted by atomic mass is 16.5. The van der Waals surface area contributed by atoms with Crippen LogP contribution < -0.4 is 5.73 Å². The average molecular weight is 242 g/mol. The lowest BCUT2D eigenvalue weighted by molar-refractivity contribution is -0.104. The summed E-state index contributed by atoms with van der Waals surface area (Å²) in [4.78, 5) is 2.56. The molecule has 2 N–H and O–H groups in total. The maximum Gasteiger partial charge on any atom is 0.0678 e. The molecule has 0 aromatic heterocycles. The lowest BCUT2D eigenvalue weighted by Gasteiger charge is -2.48. The van der Waals surface area contributed by atoms with Crippen molar-refractivity contribution in [2.24, 2.45) is 5.73 Å². The highest BCUT2D eigenvalue weighted by Crippen LogP contribution is 2.30. The van der Waals surface area contributed by atoms with Gasteiger partial charge in [-0.05, 0) is 33.1 Å². The van der Waals surface area contributed by atoms with Crippen molar-refractivity contribution < 1.29 is 9.47 Å². The first-order valence-corrected chi connectivity index (χ1v) is 6.84. The number of nitrogens with zero attached hydrogens (tertiary/aromatic N) is 1. The van der Waals surface area contributed by atoms with Crippen molar-refractivity contribution in [3.8, 4) is 0 Å². The van der Waals surface area contributed by atoms with Crippen LogP contribution in [-0.2, 0) is 9.47 Å². The summed E-state index contributed by atoms with van der Waals surface area (Å²) in [6.07, 6.45) is 3.96. The van der Waals surface area contributed by atoms with Gasteiger partial charge in [0.2, 0.25) is 0 Å². The second kappa shape index (κ2) is 5.65. The third-order valence-electron chi connectivity index (χ3n) is 4.11. The van der Waals surface area contributed by atoms with Gasteiger partial charge in [-0.3, -0.25) is 4.90 Å². The van der Waals surface area contributed by atoms with Crippen LogP contribution in [0.2, 0.25) is 0 Å². The minimum Gasteiger partial charge on any atom is -0.381 e. The Hall–Kier alpha value is -0.160. The van der Waals surface area contributed by atoms with E-state index >= 15 is 0 Å². The van der Waals surface area contributed by atoms with Crippen LogP contribution in [0.15, 0.2) is 0 Å². The van der Waals surface area contributed by atoms with Crippen LogP contribution >= 0.6 is 0 Å². The zero-order chi connectivity index (χ0) is 12.3. The molecule has 0 bridgehead atoms. The second-order valence-corrected chi connectivity index (χ2v) is 5.56. The van der Waals surface area contributed by atoms with Crippen molar-refractivity contribution in [1.29, 1.82) is 0 Å². The Morgan fingerprint density at radius 1 is 1.18 bits per heavy atom. The summed E-state index contributed by atoms with van der Waals surface area (Å²) in [5, 5.41) is 0. The first-order valence-electron chi connectivity index (χ1n) is 6.84. The molecule has 2 fully saturated rings. The van der Waals surface area contributed by atoms with Crippen molar-refractivity contribution in [2.45, 2.75) is 50.9 Å². The van der Waals surface area contributed by atoms with Crippen molar-refractivity contribution in [2.75, 3.05) is 32.8 Å². The van der Waals surface area contributed by atoms with E-state index < -0.39 is 0 Å². The van der Waals surface area contributed by atoms with Crippen LogP contribution in [0.3, 0.4) is 0 Å². The molecular weight excluding hydrogens is 216 g/mol. The quantitative estimate of drug-likeness (QED) is 0.784. The SMILES string of the molecule is C[C@@H]1CN(C2(CN)CCCOCC2)C[C@H](C)O1. The number of rotatable bonds is 2. The van der Waals surface area contributed by atoms with E-state index in [1.165, 1.54) is 0 Å². The molecule has 0 aromatic carbocycles. The molecular formula is C13H26N2O2. The fourth-order valence-electron chi connectivity index (χ4n) is 3.21. The van der Waals surface area contributed by atoms with Gasteiger partial charge in [0.15, 0.2) is 0 Å². The molecule has 0 aliphatic carbocycles. The summed E-state index contributed by atoms with van der Waals surface area (Å²) in [6, 6.07) is 0. The fraction of sp³-hybridized carbons (Fsp3) is 1.00. The Balaban J connectivity index is 2.09. The minimum atomic E-state index is 0.142. The Morgan fingerprint density at radius 2 is 1.88 bits per heavy atom. The molecule has 0 amide bonds. The zero-order valence-corrected chi connectivity index (χ0v) is 11.2. The molecule has 0 saturated carbocycles. The van der Waals surface area contributed by atoms with Gasteiger partial charge in [0.05, 0.1) is 12.2 Å². The number of hydrogen-bond donors (Lipinski definition) is 1. The molecule has 1 unspecified atom stereocenters. The molecule has 2 rings (SSSR count). The van der Waals surface area contributed by atoms with Gasteiger partial charge in [-0.15, -0.1) is 0 Å². The second-order valence-electron chi connectivity index (χ2n) is 5.56. The summed E-state index contributed by atoms with van der Waals surface area (Å²) in [6.45, 7) is 8.77. The minimum absolute atomic E-state index is 0.142. The zero-order valence-electron chi connectivity index (χ0n) is 11.2. The monoisotopic (exact) mass is 242 g/mol. The highest BCUT2D eigenvalue weighted by Gasteiger charge is 2.39. The summed E-state index contributed by atoms with van der Waals surface area (Å²) < 4.78 is 11.4. The Morgan fingerprint density at radius 3 is 2.53 bits per heavy atom. The molecule has 0 aromatic rings. The van der Waals surface area contributed by atoms with Crippen molar-refractivity contribution in [3.05, 3.63) is 0 Å². The molecule has 4 nitrogen and oxygen atoms in total. The van der Waals surface area contributed by atoms with Gasteiger partial charge in [-0.2, -0.15) is 0 Å². The van der Waals surface area contributed by atoms with E-state index in [1.54, 1.807) is 0 Å². The Labute approximate surface area is 104 Å². The normalized spacial score (nSPS) is 41.1. The molecule has 2 heterocycles. The lowest BCUT2D eigenvalue weighted by Crippen LogP contribution is -2.60. The molecule has 2 aliphatic rings. The standard InChI is InChI=1S/C13H26N2O2/c1-11-8-15(9-12(2)17-11)13(10-14)4-3-6-16-7-5-13/h11-12H,3-10,14H2,1-2H3/t11-,12+,13?. The first-order chi connectivity index (χ1) is 8.16. The third kappa shape index (κ3) is 2.99. The lowest BCUT2D eigenvalue weighted by atomic mass is 9.87. The van der Waals surface area contributed by atoms with Gasteiger partial charge in [0.25, 0.3) is 0 Å². The van der Waals surface area contributed by atoms with Crippen LogP contribution in [0.25, 0.3) is 0 Å². The van der Waals surface area contributed by atoms with Crippen molar-refractivity contribution in [3.63, 3.8) is 0 Å². The van der Waals surface area contributed by atoms with Crippen molar-refractivity contribution in [1.82, 2.24) is 4.90 Å².